The molecule has 7 heteroatoms. The summed E-state index contributed by atoms with van der Waals surface area (Å²) in [6, 6.07) is 12.9. The van der Waals surface area contributed by atoms with E-state index in [0.717, 1.165) is 18.7 Å². The molecule has 0 saturated carbocycles. The molecule has 0 spiro atoms. The molecule has 0 aliphatic heterocycles. The molecule has 1 amide bonds. The number of carbonyl (C=O) groups excluding carboxylic acids is 1. The van der Waals surface area contributed by atoms with E-state index in [0.29, 0.717) is 23.4 Å². The molecule has 1 N–H and O–H groups in total. The fourth-order valence-electron chi connectivity index (χ4n) is 2.94. The highest BCUT2D eigenvalue weighted by molar-refractivity contribution is 5.95. The first-order valence-corrected chi connectivity index (χ1v) is 9.61. The third kappa shape index (κ3) is 4.80. The molecule has 0 saturated heterocycles. The Bertz CT molecular complexity index is 1160. The molecule has 3 heterocycles. The van der Waals surface area contributed by atoms with Crippen LogP contribution in [0.2, 0.25) is 0 Å². The Labute approximate surface area is 174 Å². The van der Waals surface area contributed by atoms with E-state index < -0.39 is 0 Å². The van der Waals surface area contributed by atoms with Crippen LogP contribution >= 0.6 is 0 Å². The van der Waals surface area contributed by atoms with E-state index in [1.165, 1.54) is 0 Å². The summed E-state index contributed by atoms with van der Waals surface area (Å²) < 4.78 is 3.71. The summed E-state index contributed by atoms with van der Waals surface area (Å²) in [6.45, 7) is 1.38. The van der Waals surface area contributed by atoms with Crippen molar-refractivity contribution in [2.24, 2.45) is 0 Å². The molecule has 0 bridgehead atoms. The van der Waals surface area contributed by atoms with Crippen LogP contribution in [0.15, 0.2) is 79.8 Å². The second-order valence-electron chi connectivity index (χ2n) is 6.56. The molecule has 4 rings (SSSR count). The summed E-state index contributed by atoms with van der Waals surface area (Å²) in [5, 5.41) is 7.25. The van der Waals surface area contributed by atoms with Gasteiger partial charge in [-0.2, -0.15) is 5.10 Å². The van der Waals surface area contributed by atoms with Gasteiger partial charge in [0.25, 0.3) is 5.91 Å². The Balaban J connectivity index is 1.51. The zero-order chi connectivity index (χ0) is 20.6. The van der Waals surface area contributed by atoms with Crippen LogP contribution in [0.4, 0.5) is 0 Å². The maximum absolute atomic E-state index is 12.6. The third-order valence-electron chi connectivity index (χ3n) is 4.44. The fourth-order valence-corrected chi connectivity index (χ4v) is 2.94. The molecule has 1 aromatic carbocycles. The first kappa shape index (κ1) is 19.2. The average molecular weight is 396 g/mol. The van der Waals surface area contributed by atoms with E-state index in [9.17, 15) is 4.79 Å². The number of carbonyl (C=O) groups is 1. The summed E-state index contributed by atoms with van der Waals surface area (Å²) >= 11 is 0. The summed E-state index contributed by atoms with van der Waals surface area (Å²) in [7, 11) is 0. The molecular formula is C23H20N6O. The number of aromatic nitrogens is 5. The SMILES string of the molecule is O=C(NCCCn1ccnc1)c1ccc(-n2cccn2)c(C#Cc2ccccn2)c1. The van der Waals surface area contributed by atoms with E-state index >= 15 is 0 Å². The number of amides is 1. The normalized spacial score (nSPS) is 10.3. The minimum absolute atomic E-state index is 0.131. The summed E-state index contributed by atoms with van der Waals surface area (Å²) in [5.74, 6) is 6.06. The van der Waals surface area contributed by atoms with Gasteiger partial charge in [0.15, 0.2) is 0 Å². The van der Waals surface area contributed by atoms with Crippen LogP contribution < -0.4 is 5.32 Å². The number of nitrogens with zero attached hydrogens (tertiary/aromatic N) is 5. The average Bonchev–Trinajstić information content (AvgIpc) is 3.50. The van der Waals surface area contributed by atoms with Crippen molar-refractivity contribution in [2.45, 2.75) is 13.0 Å². The van der Waals surface area contributed by atoms with Gasteiger partial charge in [0.05, 0.1) is 17.6 Å². The molecule has 148 valence electrons. The molecule has 0 radical (unpaired) electrons. The van der Waals surface area contributed by atoms with E-state index in [2.05, 4.69) is 32.2 Å². The van der Waals surface area contributed by atoms with Gasteiger partial charge in [-0.3, -0.25) is 4.79 Å². The van der Waals surface area contributed by atoms with Crippen LogP contribution in [-0.2, 0) is 6.54 Å². The zero-order valence-electron chi connectivity index (χ0n) is 16.3. The maximum Gasteiger partial charge on any atom is 0.251 e. The van der Waals surface area contributed by atoms with Crippen LogP contribution in [0.3, 0.4) is 0 Å². The number of nitrogens with one attached hydrogen (secondary N) is 1. The Morgan fingerprint density at radius 3 is 2.77 bits per heavy atom. The summed E-state index contributed by atoms with van der Waals surface area (Å²) in [6.07, 6.45) is 11.5. The molecular weight excluding hydrogens is 376 g/mol. The van der Waals surface area contributed by atoms with E-state index in [-0.39, 0.29) is 5.91 Å². The number of pyridine rings is 1. The molecule has 30 heavy (non-hydrogen) atoms. The molecule has 0 fully saturated rings. The maximum atomic E-state index is 12.6. The highest BCUT2D eigenvalue weighted by Gasteiger charge is 2.10. The minimum Gasteiger partial charge on any atom is -0.352 e. The highest BCUT2D eigenvalue weighted by atomic mass is 16.1. The summed E-state index contributed by atoms with van der Waals surface area (Å²) in [4.78, 5) is 20.9. The van der Waals surface area contributed by atoms with E-state index in [1.807, 2.05) is 47.3 Å². The van der Waals surface area contributed by atoms with Crippen LogP contribution in [0, 0.1) is 11.8 Å². The topological polar surface area (TPSA) is 77.6 Å². The largest absolute Gasteiger partial charge is 0.352 e. The monoisotopic (exact) mass is 396 g/mol. The second-order valence-corrected chi connectivity index (χ2v) is 6.56. The number of imidazole rings is 1. The van der Waals surface area contributed by atoms with Crippen LogP contribution in [0.25, 0.3) is 5.69 Å². The molecule has 7 nitrogen and oxygen atoms in total. The van der Waals surface area contributed by atoms with Crippen LogP contribution in [0.1, 0.15) is 28.0 Å². The molecule has 0 atom stereocenters. The Morgan fingerprint density at radius 2 is 2.00 bits per heavy atom. The Hall–Kier alpha value is -4.18. The Morgan fingerprint density at radius 1 is 1.03 bits per heavy atom. The fraction of sp³-hybridized carbons (Fsp3) is 0.130. The lowest BCUT2D eigenvalue weighted by atomic mass is 10.1. The lowest BCUT2D eigenvalue weighted by molar-refractivity contribution is 0.0952. The van der Waals surface area contributed by atoms with Gasteiger partial charge < -0.3 is 9.88 Å². The number of aryl methyl sites for hydroxylation is 1. The first-order valence-electron chi connectivity index (χ1n) is 9.61. The second kappa shape index (κ2) is 9.34. The Kier molecular flexibility index (Phi) is 5.97. The lowest BCUT2D eigenvalue weighted by Crippen LogP contribution is -2.25. The van der Waals surface area contributed by atoms with Crippen molar-refractivity contribution in [1.82, 2.24) is 29.6 Å². The van der Waals surface area contributed by atoms with Gasteiger partial charge in [-0.1, -0.05) is 12.0 Å². The number of hydrogen-bond acceptors (Lipinski definition) is 4. The zero-order valence-corrected chi connectivity index (χ0v) is 16.3. The van der Waals surface area contributed by atoms with Crippen LogP contribution in [0.5, 0.6) is 0 Å². The van der Waals surface area contributed by atoms with Crippen molar-refractivity contribution in [1.29, 1.82) is 0 Å². The lowest BCUT2D eigenvalue weighted by Gasteiger charge is -2.09. The molecule has 0 aliphatic rings. The van der Waals surface area contributed by atoms with Gasteiger partial charge in [0.1, 0.15) is 5.69 Å². The molecule has 4 aromatic rings. The molecule has 0 aliphatic carbocycles. The van der Waals surface area contributed by atoms with Crippen molar-refractivity contribution in [3.63, 3.8) is 0 Å². The van der Waals surface area contributed by atoms with Gasteiger partial charge in [0.2, 0.25) is 0 Å². The molecule has 0 unspecified atom stereocenters. The van der Waals surface area contributed by atoms with Crippen molar-refractivity contribution in [3.8, 4) is 17.5 Å². The number of rotatable bonds is 6. The van der Waals surface area contributed by atoms with Gasteiger partial charge >= 0.3 is 0 Å². The minimum atomic E-state index is -0.131. The van der Waals surface area contributed by atoms with Gasteiger partial charge in [-0.25, -0.2) is 14.6 Å². The quantitative estimate of drug-likeness (QED) is 0.402. The standard InChI is InChI=1S/C23H20N6O/c30-23(26-11-3-14-28-16-13-24-18-28)20-7-9-22(29-15-4-12-27-29)19(17-20)6-8-21-5-1-2-10-25-21/h1-2,4-5,7,9-10,12-13,15-18H,3,11,14H2,(H,26,30). The highest BCUT2D eigenvalue weighted by Crippen LogP contribution is 2.16. The predicted molar refractivity (Wildman–Crippen MR) is 113 cm³/mol. The van der Waals surface area contributed by atoms with E-state index in [4.69, 9.17) is 0 Å². The predicted octanol–water partition coefficient (Wildman–Crippen LogP) is 2.68. The third-order valence-corrected chi connectivity index (χ3v) is 4.44. The van der Waals surface area contributed by atoms with Crippen molar-refractivity contribution < 1.29 is 4.79 Å². The number of hydrogen-bond donors (Lipinski definition) is 1. The van der Waals surface area contributed by atoms with Gasteiger partial charge in [0, 0.05) is 49.6 Å². The van der Waals surface area contributed by atoms with Gasteiger partial charge in [-0.05, 0) is 48.7 Å². The molecule has 3 aromatic heterocycles. The smallest absolute Gasteiger partial charge is 0.251 e. The summed E-state index contributed by atoms with van der Waals surface area (Å²) in [5.41, 5.74) is 2.73. The van der Waals surface area contributed by atoms with E-state index in [1.54, 1.807) is 41.7 Å². The van der Waals surface area contributed by atoms with Crippen molar-refractivity contribution in [2.75, 3.05) is 6.54 Å². The van der Waals surface area contributed by atoms with Crippen molar-refractivity contribution in [3.05, 3.63) is 96.6 Å². The van der Waals surface area contributed by atoms with Crippen molar-refractivity contribution >= 4 is 5.91 Å². The van der Waals surface area contributed by atoms with Crippen LogP contribution in [-0.4, -0.2) is 36.8 Å². The first-order chi connectivity index (χ1) is 14.8. The number of benzene rings is 1. The van der Waals surface area contributed by atoms with Gasteiger partial charge in [-0.15, -0.1) is 0 Å².